The number of rotatable bonds is 4. The van der Waals surface area contributed by atoms with Crippen LogP contribution in [0.3, 0.4) is 0 Å². The van der Waals surface area contributed by atoms with E-state index in [4.69, 9.17) is 9.15 Å². The maximum atomic E-state index is 11.5. The predicted octanol–water partition coefficient (Wildman–Crippen LogP) is 1.65. The Balaban J connectivity index is 1.54. The first-order valence-electron chi connectivity index (χ1n) is 8.23. The Hall–Kier alpha value is -0.890. The zero-order valence-electron chi connectivity index (χ0n) is 13.9. The molecule has 0 radical (unpaired) electrons. The zero-order chi connectivity index (χ0) is 16.5. The molecule has 0 bridgehead atoms. The highest BCUT2D eigenvalue weighted by molar-refractivity contribution is 7.88. The van der Waals surface area contributed by atoms with Crippen LogP contribution in [0, 0.1) is 6.92 Å². The molecule has 1 N–H and O–H groups in total. The van der Waals surface area contributed by atoms with Crippen molar-refractivity contribution in [2.75, 3.05) is 26.0 Å². The summed E-state index contributed by atoms with van der Waals surface area (Å²) in [5, 5.41) is 0. The van der Waals surface area contributed by atoms with E-state index in [1.807, 2.05) is 19.1 Å². The molecule has 1 atom stereocenters. The molecule has 3 rings (SSSR count). The Morgan fingerprint density at radius 2 is 2.09 bits per heavy atom. The van der Waals surface area contributed by atoms with Crippen molar-refractivity contribution >= 4 is 10.0 Å². The van der Waals surface area contributed by atoms with Crippen molar-refractivity contribution in [1.82, 2.24) is 9.62 Å². The van der Waals surface area contributed by atoms with Crippen LogP contribution >= 0.6 is 0 Å². The van der Waals surface area contributed by atoms with E-state index in [0.717, 1.165) is 56.8 Å². The Labute approximate surface area is 138 Å². The van der Waals surface area contributed by atoms with Gasteiger partial charge in [-0.25, -0.2) is 13.1 Å². The first-order valence-corrected chi connectivity index (χ1v) is 10.1. The summed E-state index contributed by atoms with van der Waals surface area (Å²) in [4.78, 5) is 2.38. The van der Waals surface area contributed by atoms with Gasteiger partial charge in [0.1, 0.15) is 11.5 Å². The fourth-order valence-corrected chi connectivity index (χ4v) is 4.50. The molecule has 2 aliphatic heterocycles. The molecule has 130 valence electrons. The topological polar surface area (TPSA) is 71.8 Å². The van der Waals surface area contributed by atoms with E-state index in [9.17, 15) is 8.42 Å². The second-order valence-electron chi connectivity index (χ2n) is 6.90. The Morgan fingerprint density at radius 3 is 2.70 bits per heavy atom. The Kier molecular flexibility index (Phi) is 4.83. The average Bonchev–Trinajstić information content (AvgIpc) is 2.85. The molecule has 23 heavy (non-hydrogen) atoms. The quantitative estimate of drug-likeness (QED) is 0.901. The van der Waals surface area contributed by atoms with Crippen LogP contribution in [0.15, 0.2) is 16.5 Å². The van der Waals surface area contributed by atoms with Gasteiger partial charge in [-0.2, -0.15) is 0 Å². The number of nitrogens with zero attached hydrogens (tertiary/aromatic N) is 1. The third-order valence-corrected chi connectivity index (χ3v) is 5.58. The summed E-state index contributed by atoms with van der Waals surface area (Å²) in [7, 11) is -3.16. The minimum absolute atomic E-state index is 0.00183. The summed E-state index contributed by atoms with van der Waals surface area (Å²) in [6, 6.07) is 4.02. The number of aryl methyl sites for hydroxylation is 1. The minimum atomic E-state index is -3.16. The molecule has 0 amide bonds. The lowest BCUT2D eigenvalue weighted by molar-refractivity contribution is -0.118. The summed E-state index contributed by atoms with van der Waals surface area (Å²) in [6.07, 6.45) is 4.63. The van der Waals surface area contributed by atoms with Crippen molar-refractivity contribution in [3.05, 3.63) is 23.7 Å². The van der Waals surface area contributed by atoms with Crippen LogP contribution in [0.2, 0.25) is 0 Å². The van der Waals surface area contributed by atoms with Crippen molar-refractivity contribution in [2.45, 2.75) is 50.8 Å². The number of furan rings is 1. The van der Waals surface area contributed by atoms with Crippen LogP contribution in [0.25, 0.3) is 0 Å². The van der Waals surface area contributed by atoms with Gasteiger partial charge in [-0.3, -0.25) is 4.90 Å². The molecule has 3 heterocycles. The first-order chi connectivity index (χ1) is 10.8. The molecule has 2 saturated heterocycles. The van der Waals surface area contributed by atoms with E-state index in [2.05, 4.69) is 9.62 Å². The van der Waals surface area contributed by atoms with Gasteiger partial charge in [0.05, 0.1) is 18.4 Å². The van der Waals surface area contributed by atoms with Gasteiger partial charge in [0, 0.05) is 25.7 Å². The molecule has 1 spiro atoms. The van der Waals surface area contributed by atoms with Gasteiger partial charge in [0.25, 0.3) is 0 Å². The van der Waals surface area contributed by atoms with E-state index < -0.39 is 10.0 Å². The SMILES string of the molecule is Cc1ccc(CN2CCC3(CC2)C[C@H](NS(C)(=O)=O)CCO3)o1. The van der Waals surface area contributed by atoms with Crippen LogP contribution in [-0.2, 0) is 21.3 Å². The molecule has 1 aromatic rings. The monoisotopic (exact) mass is 342 g/mol. The summed E-state index contributed by atoms with van der Waals surface area (Å²) in [6.45, 7) is 5.32. The average molecular weight is 342 g/mol. The van der Waals surface area contributed by atoms with Gasteiger partial charge in [-0.05, 0) is 44.7 Å². The van der Waals surface area contributed by atoms with Crippen molar-refractivity contribution in [2.24, 2.45) is 0 Å². The van der Waals surface area contributed by atoms with Gasteiger partial charge in [0.2, 0.25) is 10.0 Å². The van der Waals surface area contributed by atoms with E-state index in [0.29, 0.717) is 6.61 Å². The molecule has 0 unspecified atom stereocenters. The van der Waals surface area contributed by atoms with Gasteiger partial charge >= 0.3 is 0 Å². The summed E-state index contributed by atoms with van der Waals surface area (Å²) in [5.41, 5.74) is -0.170. The molecule has 6 nitrogen and oxygen atoms in total. The molecule has 0 aliphatic carbocycles. The van der Waals surface area contributed by atoms with Gasteiger partial charge in [-0.15, -0.1) is 0 Å². The van der Waals surface area contributed by atoms with Crippen molar-refractivity contribution in [1.29, 1.82) is 0 Å². The Bertz CT molecular complexity index is 632. The van der Waals surface area contributed by atoms with Crippen LogP contribution < -0.4 is 4.72 Å². The fourth-order valence-electron chi connectivity index (χ4n) is 3.69. The second-order valence-corrected chi connectivity index (χ2v) is 8.68. The first kappa shape index (κ1) is 17.0. The number of ether oxygens (including phenoxy) is 1. The molecule has 7 heteroatoms. The number of piperidine rings is 1. The molecule has 0 saturated carbocycles. The Morgan fingerprint density at radius 1 is 1.35 bits per heavy atom. The fraction of sp³-hybridized carbons (Fsp3) is 0.750. The zero-order valence-corrected chi connectivity index (χ0v) is 14.7. The van der Waals surface area contributed by atoms with Crippen molar-refractivity contribution in [3.63, 3.8) is 0 Å². The normalized spacial score (nSPS) is 25.7. The smallest absolute Gasteiger partial charge is 0.208 e. The maximum absolute atomic E-state index is 11.5. The predicted molar refractivity (Wildman–Crippen MR) is 87.6 cm³/mol. The minimum Gasteiger partial charge on any atom is -0.465 e. The van der Waals surface area contributed by atoms with Crippen LogP contribution in [0.4, 0.5) is 0 Å². The summed E-state index contributed by atoms with van der Waals surface area (Å²) >= 11 is 0. The van der Waals surface area contributed by atoms with Gasteiger partial charge < -0.3 is 9.15 Å². The third kappa shape index (κ3) is 4.56. The highest BCUT2D eigenvalue weighted by Gasteiger charge is 2.40. The standard InChI is InChI=1S/C16H26N2O4S/c1-13-3-4-15(22-13)12-18-8-6-16(7-9-18)11-14(5-10-21-16)17-23(2,19)20/h3-4,14,17H,5-12H2,1-2H3/t14-/m1/s1. The highest BCUT2D eigenvalue weighted by Crippen LogP contribution is 2.35. The van der Waals surface area contributed by atoms with Gasteiger partial charge in [-0.1, -0.05) is 0 Å². The molecule has 1 aromatic heterocycles. The molecular formula is C16H26N2O4S. The van der Waals surface area contributed by atoms with Crippen LogP contribution in [0.5, 0.6) is 0 Å². The lowest BCUT2D eigenvalue weighted by atomic mass is 9.82. The molecular weight excluding hydrogens is 316 g/mol. The number of hydrogen-bond donors (Lipinski definition) is 1. The molecule has 2 aliphatic rings. The number of sulfonamides is 1. The van der Waals surface area contributed by atoms with Gasteiger partial charge in [0.15, 0.2) is 0 Å². The van der Waals surface area contributed by atoms with E-state index in [-0.39, 0.29) is 11.6 Å². The number of hydrogen-bond acceptors (Lipinski definition) is 5. The van der Waals surface area contributed by atoms with E-state index in [1.54, 1.807) is 0 Å². The maximum Gasteiger partial charge on any atom is 0.208 e. The molecule has 0 aromatic carbocycles. The van der Waals surface area contributed by atoms with E-state index in [1.165, 1.54) is 6.26 Å². The number of likely N-dealkylation sites (tertiary alicyclic amines) is 1. The third-order valence-electron chi connectivity index (χ3n) is 4.82. The van der Waals surface area contributed by atoms with E-state index >= 15 is 0 Å². The van der Waals surface area contributed by atoms with Crippen molar-refractivity contribution < 1.29 is 17.6 Å². The van der Waals surface area contributed by atoms with Crippen LogP contribution in [-0.4, -0.2) is 50.9 Å². The lowest BCUT2D eigenvalue weighted by Gasteiger charge is -2.46. The number of nitrogens with one attached hydrogen (secondary N) is 1. The highest BCUT2D eigenvalue weighted by atomic mass is 32.2. The second kappa shape index (κ2) is 6.55. The summed E-state index contributed by atoms with van der Waals surface area (Å²) < 4.78 is 37.4. The summed E-state index contributed by atoms with van der Waals surface area (Å²) in [5.74, 6) is 1.94. The largest absolute Gasteiger partial charge is 0.465 e. The molecule has 2 fully saturated rings. The lowest BCUT2D eigenvalue weighted by Crippen LogP contribution is -2.53. The van der Waals surface area contributed by atoms with Crippen LogP contribution in [0.1, 0.15) is 37.2 Å². The van der Waals surface area contributed by atoms with Crippen molar-refractivity contribution in [3.8, 4) is 0 Å².